The third-order valence-electron chi connectivity index (χ3n) is 13.0. The molecule has 5 heterocycles. The summed E-state index contributed by atoms with van der Waals surface area (Å²) >= 11 is 0. The largest absolute Gasteiger partial charge is 2.00 e. The van der Waals surface area contributed by atoms with E-state index in [0.29, 0.717) is 0 Å². The van der Waals surface area contributed by atoms with Gasteiger partial charge in [0.25, 0.3) is 0 Å². The van der Waals surface area contributed by atoms with Crippen molar-refractivity contribution in [3.8, 4) is 33.4 Å². The van der Waals surface area contributed by atoms with Crippen molar-refractivity contribution in [2.75, 3.05) is 0 Å². The first-order valence-corrected chi connectivity index (χ1v) is 23.1. The quantitative estimate of drug-likeness (QED) is 0.161. The molecule has 0 N–H and O–H groups in total. The average molecular weight is 921 g/mol. The van der Waals surface area contributed by atoms with E-state index in [9.17, 15) is 0 Å². The van der Waals surface area contributed by atoms with Gasteiger partial charge in [-0.05, 0) is 139 Å². The smallest absolute Gasteiger partial charge is 0.657 e. The Hall–Kier alpha value is -5.64. The van der Waals surface area contributed by atoms with Crippen molar-refractivity contribution in [1.29, 1.82) is 0 Å². The van der Waals surface area contributed by atoms with Crippen LogP contribution in [0.4, 0.5) is 0 Å². The van der Waals surface area contributed by atoms with E-state index in [1.807, 2.05) is 12.2 Å². The SMILES string of the molecule is C=CC1=Cc2nc1cc1[n-]c(cc1C=C)c(-c1cc(C(C)(C)C)cc(C(C)(C)C)c1)c1nc(c(-c3c(C)cc(C)cc3C)c3ccc([n-]3)c2-c2cc(C(C)(C)C)cc(C(C)(C)C)c2)C=C1.[Zn+2]. The summed E-state index contributed by atoms with van der Waals surface area (Å²) in [5, 5.41) is 0. The predicted molar refractivity (Wildman–Crippen MR) is 281 cm³/mol. The molecule has 66 heavy (non-hydrogen) atoms. The molecule has 5 heteroatoms. The zero-order chi connectivity index (χ0) is 47.1. The van der Waals surface area contributed by atoms with E-state index >= 15 is 0 Å². The maximum Gasteiger partial charge on any atom is 2.00 e. The van der Waals surface area contributed by atoms with Gasteiger partial charge in [-0.15, -0.1) is 22.1 Å². The molecular weight excluding hydrogens is 854 g/mol. The van der Waals surface area contributed by atoms with Crippen LogP contribution in [0.1, 0.15) is 150 Å². The van der Waals surface area contributed by atoms with Crippen LogP contribution >= 0.6 is 0 Å². The number of benzene rings is 3. The molecule has 3 aromatic carbocycles. The molecule has 6 aromatic rings. The van der Waals surface area contributed by atoms with E-state index < -0.39 is 0 Å². The molecule has 3 aromatic heterocycles. The van der Waals surface area contributed by atoms with E-state index in [1.165, 1.54) is 38.9 Å². The van der Waals surface area contributed by atoms with Crippen molar-refractivity contribution in [1.82, 2.24) is 19.9 Å². The second kappa shape index (κ2) is 17.2. The molecule has 0 atom stereocenters. The first kappa shape index (κ1) is 48.3. The zero-order valence-electron chi connectivity index (χ0n) is 42.2. The van der Waals surface area contributed by atoms with Crippen molar-refractivity contribution in [2.45, 2.75) is 126 Å². The Morgan fingerprint density at radius 3 is 1.35 bits per heavy atom. The molecule has 0 unspecified atom stereocenters. The molecule has 4 nitrogen and oxygen atoms in total. The van der Waals surface area contributed by atoms with Crippen LogP contribution in [-0.2, 0) is 41.1 Å². The van der Waals surface area contributed by atoms with Gasteiger partial charge in [0, 0.05) is 5.57 Å². The summed E-state index contributed by atoms with van der Waals surface area (Å²) in [6.45, 7) is 42.5. The van der Waals surface area contributed by atoms with Crippen LogP contribution in [-0.4, -0.2) is 9.97 Å². The molecule has 8 bridgehead atoms. The Balaban J connectivity index is 0.00000648. The summed E-state index contributed by atoms with van der Waals surface area (Å²) in [6.07, 6.45) is 10.3. The van der Waals surface area contributed by atoms with Gasteiger partial charge in [-0.3, -0.25) is 0 Å². The van der Waals surface area contributed by atoms with Crippen LogP contribution in [0.25, 0.3) is 85.3 Å². The van der Waals surface area contributed by atoms with Crippen LogP contribution < -0.4 is 9.97 Å². The molecule has 0 saturated heterocycles. The molecule has 0 amide bonds. The molecule has 0 saturated carbocycles. The molecule has 332 valence electrons. The molecular formula is C61H66N4Zn. The number of hydrogen-bond donors (Lipinski definition) is 0. The van der Waals surface area contributed by atoms with Crippen molar-refractivity contribution in [3.63, 3.8) is 0 Å². The van der Waals surface area contributed by atoms with Crippen molar-refractivity contribution in [3.05, 3.63) is 159 Å². The predicted octanol–water partition coefficient (Wildman–Crippen LogP) is 16.2. The minimum absolute atomic E-state index is 0. The molecule has 8 rings (SSSR count). The topological polar surface area (TPSA) is 54.0 Å². The monoisotopic (exact) mass is 918 g/mol. The third kappa shape index (κ3) is 9.22. The minimum Gasteiger partial charge on any atom is -0.657 e. The molecule has 2 aliphatic rings. The maximum absolute atomic E-state index is 5.64. The van der Waals surface area contributed by atoms with Gasteiger partial charge in [0.15, 0.2) is 0 Å². The Bertz CT molecular complexity index is 3100. The number of aryl methyl sites for hydroxylation is 3. The van der Waals surface area contributed by atoms with Gasteiger partial charge in [0.2, 0.25) is 0 Å². The second-order valence-corrected chi connectivity index (χ2v) is 22.4. The van der Waals surface area contributed by atoms with Crippen LogP contribution in [0.15, 0.2) is 92.0 Å². The Morgan fingerprint density at radius 1 is 0.455 bits per heavy atom. The molecule has 0 spiro atoms. The average Bonchev–Trinajstić information content (AvgIpc) is 4.03. The van der Waals surface area contributed by atoms with Crippen LogP contribution in [0.5, 0.6) is 0 Å². The van der Waals surface area contributed by atoms with Gasteiger partial charge in [0.05, 0.1) is 22.8 Å². The van der Waals surface area contributed by atoms with Crippen LogP contribution in [0, 0.1) is 20.8 Å². The van der Waals surface area contributed by atoms with Gasteiger partial charge in [0.1, 0.15) is 0 Å². The minimum atomic E-state index is -0.0900. The normalized spacial score (nSPS) is 13.1. The summed E-state index contributed by atoms with van der Waals surface area (Å²) in [4.78, 5) is 22.2. The Labute approximate surface area is 407 Å². The number of rotatable bonds is 5. The van der Waals surface area contributed by atoms with Gasteiger partial charge in [-0.2, -0.15) is 0 Å². The summed E-state index contributed by atoms with van der Waals surface area (Å²) in [6, 6.07) is 27.2. The van der Waals surface area contributed by atoms with Gasteiger partial charge >= 0.3 is 19.5 Å². The number of nitrogens with zero attached hydrogens (tertiary/aromatic N) is 4. The molecule has 0 radical (unpaired) electrons. The standard InChI is InChI=1S/C61H66N4.Zn/c1-18-38-30-52-55(40-26-42(58(6,7)8)32-43(27-40)59(9,10)11)46-20-22-48(62-46)57(54-36(4)24-35(3)25-37(54)5)49-23-21-47(63-49)56(53-31-39(19-2)51(65-53)34-50(38)64-52)41-28-44(60(12,13)14)33-45(29-41)61(15,16)17;/h18-34H,1-2H2,3-17H3;/q-2;+2. The summed E-state index contributed by atoms with van der Waals surface area (Å²) < 4.78 is 0. The number of allylic oxidation sites excluding steroid dienone is 2. The fourth-order valence-electron chi connectivity index (χ4n) is 9.21. The molecule has 0 aliphatic carbocycles. The first-order valence-electron chi connectivity index (χ1n) is 23.1. The summed E-state index contributed by atoms with van der Waals surface area (Å²) in [5.41, 5.74) is 23.1. The van der Waals surface area contributed by atoms with Crippen LogP contribution in [0.2, 0.25) is 0 Å². The third-order valence-corrected chi connectivity index (χ3v) is 13.0. The van der Waals surface area contributed by atoms with Gasteiger partial charge < -0.3 is 9.97 Å². The van der Waals surface area contributed by atoms with Gasteiger partial charge in [-0.25, -0.2) is 9.97 Å². The number of hydrogen-bond acceptors (Lipinski definition) is 2. The Morgan fingerprint density at radius 2 is 0.894 bits per heavy atom. The van der Waals surface area contributed by atoms with E-state index in [0.717, 1.165) is 89.4 Å². The van der Waals surface area contributed by atoms with Crippen molar-refractivity contribution < 1.29 is 19.5 Å². The van der Waals surface area contributed by atoms with E-state index in [4.69, 9.17) is 19.9 Å². The fraction of sp³-hybridized carbons (Fsp3) is 0.311. The second-order valence-electron chi connectivity index (χ2n) is 22.4. The summed E-state index contributed by atoms with van der Waals surface area (Å²) in [7, 11) is 0. The van der Waals surface area contributed by atoms with Crippen LogP contribution in [0.3, 0.4) is 0 Å². The molecule has 0 fully saturated rings. The van der Waals surface area contributed by atoms with E-state index in [1.54, 1.807) is 0 Å². The fourth-order valence-corrected chi connectivity index (χ4v) is 9.21. The Kier molecular flexibility index (Phi) is 12.6. The van der Waals surface area contributed by atoms with Gasteiger partial charge in [-0.1, -0.05) is 181 Å². The molecule has 2 aliphatic heterocycles. The van der Waals surface area contributed by atoms with E-state index in [2.05, 4.69) is 208 Å². The number of fused-ring (bicyclic) bond motifs is 8. The van der Waals surface area contributed by atoms with Crippen molar-refractivity contribution >= 4 is 51.9 Å². The van der Waals surface area contributed by atoms with Crippen molar-refractivity contribution in [2.24, 2.45) is 0 Å². The first-order chi connectivity index (χ1) is 30.3. The number of aromatic nitrogens is 4. The van der Waals surface area contributed by atoms with E-state index in [-0.39, 0.29) is 41.1 Å². The maximum atomic E-state index is 5.64. The zero-order valence-corrected chi connectivity index (χ0v) is 45.2. The summed E-state index contributed by atoms with van der Waals surface area (Å²) in [5.74, 6) is 0.